The van der Waals surface area contributed by atoms with E-state index in [1.54, 1.807) is 11.3 Å². The van der Waals surface area contributed by atoms with E-state index in [1.165, 1.54) is 0 Å². The maximum atomic E-state index is 12.5. The van der Waals surface area contributed by atoms with Gasteiger partial charge in [-0.3, -0.25) is 19.3 Å². The van der Waals surface area contributed by atoms with Gasteiger partial charge in [0.1, 0.15) is 0 Å². The van der Waals surface area contributed by atoms with Crippen LogP contribution in [-0.2, 0) is 9.59 Å². The lowest BCUT2D eigenvalue weighted by atomic mass is 10.1. The number of rotatable bonds is 7. The smallest absolute Gasteiger partial charge is 0.237 e. The Kier molecular flexibility index (Phi) is 6.32. The summed E-state index contributed by atoms with van der Waals surface area (Å²) in [4.78, 5) is 43.1. The number of carbonyl (C=O) groups is 3. The molecule has 1 aliphatic carbocycles. The average Bonchev–Trinajstić information content (AvgIpc) is 3.40. The van der Waals surface area contributed by atoms with Crippen LogP contribution in [0.2, 0.25) is 0 Å². The Labute approximate surface area is 164 Å². The van der Waals surface area contributed by atoms with E-state index >= 15 is 0 Å². The van der Waals surface area contributed by atoms with Crippen LogP contribution in [-0.4, -0.2) is 65.7 Å². The van der Waals surface area contributed by atoms with Crippen molar-refractivity contribution >= 4 is 28.9 Å². The normalized spacial score (nSPS) is 19.0. The molecule has 0 radical (unpaired) electrons. The maximum absolute atomic E-state index is 12.5. The molecule has 0 bridgehead atoms. The Morgan fingerprint density at radius 3 is 2.37 bits per heavy atom. The second kappa shape index (κ2) is 8.52. The first-order valence-corrected chi connectivity index (χ1v) is 10.6. The van der Waals surface area contributed by atoms with Gasteiger partial charge in [0, 0.05) is 60.4 Å². The second-order valence-corrected chi connectivity index (χ2v) is 9.09. The number of aryl methyl sites for hydroxylation is 2. The lowest BCUT2D eigenvalue weighted by molar-refractivity contribution is -0.134. The summed E-state index contributed by atoms with van der Waals surface area (Å²) in [6.45, 7) is 8.50. The van der Waals surface area contributed by atoms with Gasteiger partial charge in [0.25, 0.3) is 0 Å². The van der Waals surface area contributed by atoms with Crippen LogP contribution in [0.4, 0.5) is 0 Å². The molecule has 1 atom stereocenters. The zero-order chi connectivity index (χ0) is 19.6. The molecule has 2 aliphatic rings. The van der Waals surface area contributed by atoms with E-state index in [9.17, 15) is 14.4 Å². The van der Waals surface area contributed by atoms with E-state index in [1.807, 2.05) is 31.7 Å². The van der Waals surface area contributed by atoms with Crippen LogP contribution < -0.4 is 5.32 Å². The first-order valence-electron chi connectivity index (χ1n) is 9.77. The monoisotopic (exact) mass is 391 g/mol. The molecule has 1 aromatic heterocycles. The third-order valence-electron chi connectivity index (χ3n) is 5.43. The lowest BCUT2D eigenvalue weighted by Crippen LogP contribution is -2.55. The molecule has 1 aliphatic heterocycles. The van der Waals surface area contributed by atoms with Gasteiger partial charge in [-0.15, -0.1) is 11.3 Å². The summed E-state index contributed by atoms with van der Waals surface area (Å²) in [7, 11) is 0. The molecule has 1 unspecified atom stereocenters. The maximum Gasteiger partial charge on any atom is 0.237 e. The molecule has 148 valence electrons. The minimum atomic E-state index is -0.158. The van der Waals surface area contributed by atoms with E-state index in [0.29, 0.717) is 32.2 Å². The number of amides is 2. The molecule has 2 heterocycles. The molecule has 0 aromatic carbocycles. The Balaban J connectivity index is 1.42. The van der Waals surface area contributed by atoms with E-state index in [-0.39, 0.29) is 36.5 Å². The van der Waals surface area contributed by atoms with Gasteiger partial charge in [-0.25, -0.2) is 0 Å². The fraction of sp³-hybridized carbons (Fsp3) is 0.650. The van der Waals surface area contributed by atoms with E-state index in [2.05, 4.69) is 10.2 Å². The molecule has 0 spiro atoms. The Hall–Kier alpha value is -1.73. The van der Waals surface area contributed by atoms with E-state index < -0.39 is 0 Å². The van der Waals surface area contributed by atoms with Crippen LogP contribution in [0.1, 0.15) is 52.7 Å². The fourth-order valence-corrected chi connectivity index (χ4v) is 4.44. The number of hydrogen-bond donors (Lipinski definition) is 1. The SMILES string of the molecule is Cc1cc(C(=O)CCC(=O)N2CCN(C(C)C(=O)NC3CC3)CC2)c(C)s1. The van der Waals surface area contributed by atoms with Crippen molar-refractivity contribution < 1.29 is 14.4 Å². The second-order valence-electron chi connectivity index (χ2n) is 7.63. The Morgan fingerprint density at radius 2 is 1.81 bits per heavy atom. The van der Waals surface area contributed by atoms with Gasteiger partial charge in [-0.05, 0) is 39.7 Å². The molecule has 2 fully saturated rings. The van der Waals surface area contributed by atoms with Crippen LogP contribution in [0, 0.1) is 13.8 Å². The Morgan fingerprint density at radius 1 is 1.15 bits per heavy atom. The average molecular weight is 392 g/mol. The molecule has 1 saturated carbocycles. The summed E-state index contributed by atoms with van der Waals surface area (Å²) in [6, 6.07) is 2.13. The quantitative estimate of drug-likeness (QED) is 0.723. The van der Waals surface area contributed by atoms with Crippen molar-refractivity contribution in [2.75, 3.05) is 26.2 Å². The topological polar surface area (TPSA) is 69.7 Å². The number of thiophene rings is 1. The number of Topliss-reactive ketones (excluding diaryl/α,β-unsaturated/α-hetero) is 1. The van der Waals surface area contributed by atoms with Crippen molar-refractivity contribution in [3.05, 3.63) is 21.4 Å². The zero-order valence-corrected chi connectivity index (χ0v) is 17.2. The van der Waals surface area contributed by atoms with Gasteiger partial charge in [-0.2, -0.15) is 0 Å². The van der Waals surface area contributed by atoms with Gasteiger partial charge >= 0.3 is 0 Å². The molecule has 1 aromatic rings. The highest BCUT2D eigenvalue weighted by Crippen LogP contribution is 2.22. The molecule has 3 rings (SSSR count). The van der Waals surface area contributed by atoms with E-state index in [4.69, 9.17) is 0 Å². The summed E-state index contributed by atoms with van der Waals surface area (Å²) < 4.78 is 0. The van der Waals surface area contributed by atoms with Gasteiger partial charge in [0.15, 0.2) is 5.78 Å². The molecular formula is C20H29N3O3S. The van der Waals surface area contributed by atoms with Crippen LogP contribution in [0.5, 0.6) is 0 Å². The molecule has 1 N–H and O–H groups in total. The molecule has 27 heavy (non-hydrogen) atoms. The summed E-state index contributed by atoms with van der Waals surface area (Å²) >= 11 is 1.62. The third-order valence-corrected chi connectivity index (χ3v) is 6.39. The predicted molar refractivity (Wildman–Crippen MR) is 106 cm³/mol. The highest BCUT2D eigenvalue weighted by atomic mass is 32.1. The zero-order valence-electron chi connectivity index (χ0n) is 16.4. The van der Waals surface area contributed by atoms with Crippen LogP contribution in [0.15, 0.2) is 6.07 Å². The van der Waals surface area contributed by atoms with Crippen LogP contribution >= 0.6 is 11.3 Å². The Bertz CT molecular complexity index is 718. The fourth-order valence-electron chi connectivity index (χ4n) is 3.49. The van der Waals surface area contributed by atoms with Crippen LogP contribution in [0.25, 0.3) is 0 Å². The third kappa shape index (κ3) is 5.17. The van der Waals surface area contributed by atoms with Crippen molar-refractivity contribution in [3.63, 3.8) is 0 Å². The summed E-state index contributed by atoms with van der Waals surface area (Å²) in [6.07, 6.45) is 2.69. The van der Waals surface area contributed by atoms with Crippen molar-refractivity contribution in [1.29, 1.82) is 0 Å². The predicted octanol–water partition coefficient (Wildman–Crippen LogP) is 2.14. The van der Waals surface area contributed by atoms with Crippen molar-refractivity contribution in [2.24, 2.45) is 0 Å². The van der Waals surface area contributed by atoms with E-state index in [0.717, 1.165) is 28.2 Å². The summed E-state index contributed by atoms with van der Waals surface area (Å²) in [5.74, 6) is 0.168. The largest absolute Gasteiger partial charge is 0.352 e. The number of nitrogens with one attached hydrogen (secondary N) is 1. The first-order chi connectivity index (χ1) is 12.8. The molecular weight excluding hydrogens is 362 g/mol. The number of carbonyl (C=O) groups excluding carboxylic acids is 3. The number of hydrogen-bond acceptors (Lipinski definition) is 5. The summed E-state index contributed by atoms with van der Waals surface area (Å²) in [5, 5.41) is 3.04. The van der Waals surface area contributed by atoms with Gasteiger partial charge in [0.05, 0.1) is 6.04 Å². The number of ketones is 1. The molecule has 6 nitrogen and oxygen atoms in total. The molecule has 2 amide bonds. The molecule has 7 heteroatoms. The number of piperazine rings is 1. The number of nitrogens with zero attached hydrogens (tertiary/aromatic N) is 2. The highest BCUT2D eigenvalue weighted by molar-refractivity contribution is 7.12. The lowest BCUT2D eigenvalue weighted by Gasteiger charge is -2.37. The van der Waals surface area contributed by atoms with Crippen molar-refractivity contribution in [2.45, 2.75) is 58.5 Å². The van der Waals surface area contributed by atoms with Gasteiger partial charge in [-0.1, -0.05) is 0 Å². The summed E-state index contributed by atoms with van der Waals surface area (Å²) in [5.41, 5.74) is 0.755. The first kappa shape index (κ1) is 20.0. The molecule has 1 saturated heterocycles. The minimum absolute atomic E-state index is 0.0303. The highest BCUT2D eigenvalue weighted by Gasteiger charge is 2.30. The van der Waals surface area contributed by atoms with Crippen molar-refractivity contribution in [3.8, 4) is 0 Å². The minimum Gasteiger partial charge on any atom is -0.352 e. The van der Waals surface area contributed by atoms with Crippen LogP contribution in [0.3, 0.4) is 0 Å². The van der Waals surface area contributed by atoms with Crippen molar-refractivity contribution in [1.82, 2.24) is 15.1 Å². The standard InChI is InChI=1S/C20H29N3O3S/c1-13-12-17(15(3)27-13)18(24)6-7-19(25)23-10-8-22(9-11-23)14(2)20(26)21-16-4-5-16/h12,14,16H,4-11H2,1-3H3,(H,21,26). The van der Waals surface area contributed by atoms with Gasteiger partial charge in [0.2, 0.25) is 11.8 Å². The van der Waals surface area contributed by atoms with Gasteiger partial charge < -0.3 is 10.2 Å².